The minimum atomic E-state index is -4.88. The van der Waals surface area contributed by atoms with E-state index in [1.54, 1.807) is 0 Å². The van der Waals surface area contributed by atoms with Crippen LogP contribution in [0, 0.1) is 5.92 Å². The molecule has 15 heavy (non-hydrogen) atoms. The third kappa shape index (κ3) is 7.22. The van der Waals surface area contributed by atoms with Crippen molar-refractivity contribution in [1.29, 1.82) is 0 Å². The van der Waals surface area contributed by atoms with Gasteiger partial charge in [-0.3, -0.25) is 0 Å². The number of ether oxygens (including phenoxy) is 1. The lowest BCUT2D eigenvalue weighted by molar-refractivity contribution is -0.204. The molecule has 0 aliphatic carbocycles. The fourth-order valence-corrected chi connectivity index (χ4v) is 1.12. The number of carbonyl (C=O) groups excluding carboxylic acids is 1. The van der Waals surface area contributed by atoms with Crippen molar-refractivity contribution in [2.75, 3.05) is 0 Å². The Morgan fingerprint density at radius 1 is 1.20 bits per heavy atom. The molecule has 1 atom stereocenters. The van der Waals surface area contributed by atoms with Crippen LogP contribution in [0.2, 0.25) is 0 Å². The van der Waals surface area contributed by atoms with E-state index in [4.69, 9.17) is 0 Å². The van der Waals surface area contributed by atoms with Crippen molar-refractivity contribution in [3.63, 3.8) is 0 Å². The zero-order valence-corrected chi connectivity index (χ0v) is 9.23. The Morgan fingerprint density at radius 2 is 1.73 bits per heavy atom. The molecule has 90 valence electrons. The van der Waals surface area contributed by atoms with Crippen LogP contribution in [0.5, 0.6) is 0 Å². The standard InChI is InChI=1S/C10H17F3O2/c1-7(2)5-4-6-8(3)15-9(14)10(11,12)13/h7-8H,4-6H2,1-3H3. The van der Waals surface area contributed by atoms with Gasteiger partial charge in [-0.15, -0.1) is 0 Å². The fourth-order valence-electron chi connectivity index (χ4n) is 1.12. The molecule has 0 aromatic carbocycles. The maximum atomic E-state index is 11.8. The Hall–Kier alpha value is -0.740. The van der Waals surface area contributed by atoms with E-state index in [9.17, 15) is 18.0 Å². The first-order chi connectivity index (χ1) is 6.73. The number of carbonyl (C=O) groups is 1. The quantitative estimate of drug-likeness (QED) is 0.672. The molecule has 1 unspecified atom stereocenters. The van der Waals surface area contributed by atoms with Crippen LogP contribution in [0.15, 0.2) is 0 Å². The molecule has 5 heteroatoms. The summed E-state index contributed by atoms with van der Waals surface area (Å²) < 4.78 is 39.6. The van der Waals surface area contributed by atoms with Gasteiger partial charge in [0.05, 0.1) is 6.10 Å². The largest absolute Gasteiger partial charge is 0.490 e. The Morgan fingerprint density at radius 3 is 2.13 bits per heavy atom. The van der Waals surface area contributed by atoms with Gasteiger partial charge in [0.25, 0.3) is 0 Å². The topological polar surface area (TPSA) is 26.3 Å². The van der Waals surface area contributed by atoms with Gasteiger partial charge in [0.1, 0.15) is 0 Å². The maximum Gasteiger partial charge on any atom is 0.490 e. The minimum Gasteiger partial charge on any atom is -0.456 e. The highest BCUT2D eigenvalue weighted by Gasteiger charge is 2.41. The average Bonchev–Trinajstić information content (AvgIpc) is 2.01. The van der Waals surface area contributed by atoms with Crippen LogP contribution in [0.4, 0.5) is 13.2 Å². The first-order valence-corrected chi connectivity index (χ1v) is 5.01. The van der Waals surface area contributed by atoms with Crippen molar-refractivity contribution in [2.45, 2.75) is 52.3 Å². The van der Waals surface area contributed by atoms with Crippen LogP contribution in [0.25, 0.3) is 0 Å². The third-order valence-electron chi connectivity index (χ3n) is 1.93. The van der Waals surface area contributed by atoms with Crippen LogP contribution in [0.3, 0.4) is 0 Å². The lowest BCUT2D eigenvalue weighted by Crippen LogP contribution is -2.28. The van der Waals surface area contributed by atoms with E-state index in [-0.39, 0.29) is 0 Å². The summed E-state index contributed by atoms with van der Waals surface area (Å²) in [7, 11) is 0. The van der Waals surface area contributed by atoms with E-state index in [0.29, 0.717) is 12.3 Å². The van der Waals surface area contributed by atoms with Crippen molar-refractivity contribution >= 4 is 5.97 Å². The molecule has 0 heterocycles. The summed E-state index contributed by atoms with van der Waals surface area (Å²) in [6.07, 6.45) is -3.39. The normalized spacial score (nSPS) is 14.1. The molecule has 0 radical (unpaired) electrons. The molecule has 0 amide bonds. The van der Waals surface area contributed by atoms with E-state index < -0.39 is 18.2 Å². The van der Waals surface area contributed by atoms with E-state index in [1.165, 1.54) is 6.92 Å². The summed E-state index contributed by atoms with van der Waals surface area (Å²) in [4.78, 5) is 10.4. The summed E-state index contributed by atoms with van der Waals surface area (Å²) in [6, 6.07) is 0. The molecule has 2 nitrogen and oxygen atoms in total. The Balaban J connectivity index is 3.75. The monoisotopic (exact) mass is 226 g/mol. The van der Waals surface area contributed by atoms with E-state index in [1.807, 2.05) is 13.8 Å². The summed E-state index contributed by atoms with van der Waals surface area (Å²) in [6.45, 7) is 5.54. The molecule has 0 aromatic rings. The number of hydrogen-bond acceptors (Lipinski definition) is 2. The predicted molar refractivity (Wildman–Crippen MR) is 50.3 cm³/mol. The zero-order valence-electron chi connectivity index (χ0n) is 9.23. The first kappa shape index (κ1) is 14.3. The Kier molecular flexibility index (Phi) is 5.68. The highest BCUT2D eigenvalue weighted by atomic mass is 19.4. The van der Waals surface area contributed by atoms with Gasteiger partial charge in [0.15, 0.2) is 0 Å². The fraction of sp³-hybridized carbons (Fsp3) is 0.900. The molecule has 0 aliphatic heterocycles. The first-order valence-electron chi connectivity index (χ1n) is 5.01. The van der Waals surface area contributed by atoms with Crippen molar-refractivity contribution in [2.24, 2.45) is 5.92 Å². The van der Waals surface area contributed by atoms with Crippen molar-refractivity contribution in [3.8, 4) is 0 Å². The van der Waals surface area contributed by atoms with E-state index >= 15 is 0 Å². The number of hydrogen-bond donors (Lipinski definition) is 0. The predicted octanol–water partition coefficient (Wildman–Crippen LogP) is 3.31. The molecule has 0 saturated heterocycles. The van der Waals surface area contributed by atoms with Crippen LogP contribution in [-0.4, -0.2) is 18.2 Å². The van der Waals surface area contributed by atoms with E-state index in [0.717, 1.165) is 12.8 Å². The number of esters is 1. The lowest BCUT2D eigenvalue weighted by atomic mass is 10.0. The van der Waals surface area contributed by atoms with Gasteiger partial charge in [-0.2, -0.15) is 13.2 Å². The number of halogens is 3. The average molecular weight is 226 g/mol. The number of alkyl halides is 3. The molecule has 0 bridgehead atoms. The molecular formula is C10H17F3O2. The molecule has 0 fully saturated rings. The molecule has 0 spiro atoms. The third-order valence-corrected chi connectivity index (χ3v) is 1.93. The summed E-state index contributed by atoms with van der Waals surface area (Å²) >= 11 is 0. The smallest absolute Gasteiger partial charge is 0.456 e. The Bertz CT molecular complexity index is 199. The molecule has 0 N–H and O–H groups in total. The number of rotatable bonds is 5. The van der Waals surface area contributed by atoms with Gasteiger partial charge in [0.2, 0.25) is 0 Å². The van der Waals surface area contributed by atoms with Gasteiger partial charge in [-0.25, -0.2) is 4.79 Å². The molecule has 0 aromatic heterocycles. The van der Waals surface area contributed by atoms with E-state index in [2.05, 4.69) is 4.74 Å². The second kappa shape index (κ2) is 5.98. The van der Waals surface area contributed by atoms with Gasteiger partial charge >= 0.3 is 12.1 Å². The summed E-state index contributed by atoms with van der Waals surface area (Å²) in [5, 5.41) is 0. The van der Waals surface area contributed by atoms with Crippen LogP contribution < -0.4 is 0 Å². The lowest BCUT2D eigenvalue weighted by Gasteiger charge is -2.14. The molecule has 0 rings (SSSR count). The van der Waals surface area contributed by atoms with Crippen molar-refractivity contribution < 1.29 is 22.7 Å². The molecule has 0 aliphatic rings. The molecule has 0 saturated carbocycles. The highest BCUT2D eigenvalue weighted by Crippen LogP contribution is 2.19. The molecular weight excluding hydrogens is 209 g/mol. The highest BCUT2D eigenvalue weighted by molar-refractivity contribution is 5.75. The zero-order chi connectivity index (χ0) is 12.1. The SMILES string of the molecule is CC(C)CCCC(C)OC(=O)C(F)(F)F. The second-order valence-electron chi connectivity index (χ2n) is 4.04. The van der Waals surface area contributed by atoms with Crippen LogP contribution >= 0.6 is 0 Å². The van der Waals surface area contributed by atoms with Gasteiger partial charge in [-0.1, -0.05) is 20.3 Å². The van der Waals surface area contributed by atoms with Gasteiger partial charge in [0, 0.05) is 0 Å². The van der Waals surface area contributed by atoms with Crippen molar-refractivity contribution in [1.82, 2.24) is 0 Å². The van der Waals surface area contributed by atoms with Crippen LogP contribution in [-0.2, 0) is 9.53 Å². The van der Waals surface area contributed by atoms with Crippen molar-refractivity contribution in [3.05, 3.63) is 0 Å². The van der Waals surface area contributed by atoms with Gasteiger partial charge < -0.3 is 4.74 Å². The summed E-state index contributed by atoms with van der Waals surface area (Å²) in [5.41, 5.74) is 0. The second-order valence-corrected chi connectivity index (χ2v) is 4.04. The summed E-state index contributed by atoms with van der Waals surface area (Å²) in [5.74, 6) is -1.59. The Labute approximate surface area is 87.8 Å². The minimum absolute atomic E-state index is 0.472. The maximum absolute atomic E-state index is 11.8. The van der Waals surface area contributed by atoms with Gasteiger partial charge in [-0.05, 0) is 25.7 Å². The van der Waals surface area contributed by atoms with Crippen LogP contribution in [0.1, 0.15) is 40.0 Å².